The van der Waals surface area contributed by atoms with Gasteiger partial charge in [-0.2, -0.15) is 0 Å². The van der Waals surface area contributed by atoms with Crippen LogP contribution >= 0.6 is 22.9 Å². The standard InChI is InChI=1S/C20H16ClN3O4S/c21-13-6-7-16-17(10-13)28-20(26)24(16)9-8-18(25)27-11-15-12-29-19(23-15)22-14-4-2-1-3-5-14/h1-7,10,12H,8-9,11H2,(H,22,23). The Kier molecular flexibility index (Phi) is 5.64. The van der Waals surface area contributed by atoms with Gasteiger partial charge >= 0.3 is 11.7 Å². The third kappa shape index (κ3) is 4.67. The van der Waals surface area contributed by atoms with Gasteiger partial charge in [-0.1, -0.05) is 29.8 Å². The first-order valence-electron chi connectivity index (χ1n) is 8.79. The highest BCUT2D eigenvalue weighted by Crippen LogP contribution is 2.21. The van der Waals surface area contributed by atoms with Gasteiger partial charge in [-0.15, -0.1) is 11.3 Å². The summed E-state index contributed by atoms with van der Waals surface area (Å²) in [6, 6.07) is 14.6. The fraction of sp³-hybridized carbons (Fsp3) is 0.150. The number of aromatic nitrogens is 2. The minimum atomic E-state index is -0.536. The first-order valence-corrected chi connectivity index (χ1v) is 10.1. The fourth-order valence-electron chi connectivity index (χ4n) is 2.76. The van der Waals surface area contributed by atoms with Crippen LogP contribution in [0.4, 0.5) is 10.8 Å². The number of benzene rings is 2. The van der Waals surface area contributed by atoms with Crippen LogP contribution in [0.5, 0.6) is 0 Å². The number of hydrogen-bond acceptors (Lipinski definition) is 7. The van der Waals surface area contributed by atoms with Gasteiger partial charge in [0.25, 0.3) is 0 Å². The second kappa shape index (κ2) is 8.50. The molecule has 148 valence electrons. The molecule has 0 atom stereocenters. The smallest absolute Gasteiger partial charge is 0.419 e. The van der Waals surface area contributed by atoms with E-state index in [4.69, 9.17) is 20.8 Å². The first-order chi connectivity index (χ1) is 14.1. The SMILES string of the molecule is O=C(CCn1c(=O)oc2cc(Cl)ccc21)OCc1csc(Nc2ccccc2)n1. The van der Waals surface area contributed by atoms with E-state index in [2.05, 4.69) is 10.3 Å². The summed E-state index contributed by atoms with van der Waals surface area (Å²) >= 11 is 7.33. The second-order valence-electron chi connectivity index (χ2n) is 6.18. The minimum absolute atomic E-state index is 0.0381. The van der Waals surface area contributed by atoms with E-state index in [0.717, 1.165) is 10.8 Å². The molecule has 0 amide bonds. The van der Waals surface area contributed by atoms with Crippen molar-refractivity contribution in [1.82, 2.24) is 9.55 Å². The molecule has 0 saturated heterocycles. The highest BCUT2D eigenvalue weighted by atomic mass is 35.5. The predicted molar refractivity (Wildman–Crippen MR) is 112 cm³/mol. The number of nitrogens with zero attached hydrogens (tertiary/aromatic N) is 2. The molecule has 0 aliphatic rings. The Hall–Kier alpha value is -3.10. The van der Waals surface area contributed by atoms with Crippen molar-refractivity contribution in [2.24, 2.45) is 0 Å². The van der Waals surface area contributed by atoms with Crippen molar-refractivity contribution >= 4 is 50.8 Å². The zero-order valence-corrected chi connectivity index (χ0v) is 16.7. The maximum absolute atomic E-state index is 12.1. The van der Waals surface area contributed by atoms with Gasteiger partial charge in [-0.05, 0) is 24.3 Å². The fourth-order valence-corrected chi connectivity index (χ4v) is 3.63. The summed E-state index contributed by atoms with van der Waals surface area (Å²) in [5.41, 5.74) is 2.56. The van der Waals surface area contributed by atoms with Gasteiger partial charge in [-0.25, -0.2) is 9.78 Å². The van der Waals surface area contributed by atoms with E-state index >= 15 is 0 Å². The van der Waals surface area contributed by atoms with Crippen LogP contribution in [0.1, 0.15) is 12.1 Å². The highest BCUT2D eigenvalue weighted by Gasteiger charge is 2.12. The summed E-state index contributed by atoms with van der Waals surface area (Å²) in [7, 11) is 0. The average Bonchev–Trinajstić information content (AvgIpc) is 3.28. The Labute approximate surface area is 174 Å². The van der Waals surface area contributed by atoms with Crippen LogP contribution in [0.2, 0.25) is 5.02 Å². The lowest BCUT2D eigenvalue weighted by Gasteiger charge is -2.04. The third-order valence-electron chi connectivity index (χ3n) is 4.13. The number of para-hydroxylation sites is 1. The normalized spacial score (nSPS) is 10.9. The van der Waals surface area contributed by atoms with E-state index < -0.39 is 11.7 Å². The summed E-state index contributed by atoms with van der Waals surface area (Å²) in [4.78, 5) is 28.5. The quantitative estimate of drug-likeness (QED) is 0.433. The van der Waals surface area contributed by atoms with Crippen molar-refractivity contribution in [1.29, 1.82) is 0 Å². The molecule has 0 saturated carbocycles. The largest absolute Gasteiger partial charge is 0.459 e. The number of carbonyl (C=O) groups is 1. The number of ether oxygens (including phenoxy) is 1. The van der Waals surface area contributed by atoms with Crippen LogP contribution in [0, 0.1) is 0 Å². The average molecular weight is 430 g/mol. The second-order valence-corrected chi connectivity index (χ2v) is 7.47. The van der Waals surface area contributed by atoms with Gasteiger partial charge in [0.1, 0.15) is 6.61 Å². The molecular formula is C20H16ClN3O4S. The number of nitrogens with one attached hydrogen (secondary N) is 1. The molecular weight excluding hydrogens is 414 g/mol. The van der Waals surface area contributed by atoms with Crippen molar-refractivity contribution < 1.29 is 13.9 Å². The first kappa shape index (κ1) is 19.2. The number of oxazole rings is 1. The van der Waals surface area contributed by atoms with Gasteiger partial charge in [0.2, 0.25) is 0 Å². The lowest BCUT2D eigenvalue weighted by atomic mass is 10.3. The summed E-state index contributed by atoms with van der Waals surface area (Å²) < 4.78 is 11.8. The number of rotatable bonds is 7. The van der Waals surface area contributed by atoms with Gasteiger partial charge in [0, 0.05) is 28.7 Å². The number of fused-ring (bicyclic) bond motifs is 1. The molecule has 0 bridgehead atoms. The highest BCUT2D eigenvalue weighted by molar-refractivity contribution is 7.13. The summed E-state index contributed by atoms with van der Waals surface area (Å²) in [6.07, 6.45) is 0.0381. The summed E-state index contributed by atoms with van der Waals surface area (Å²) in [5.74, 6) is -0.961. The van der Waals surface area contributed by atoms with Crippen LogP contribution in [-0.4, -0.2) is 15.5 Å². The molecule has 4 aromatic rings. The molecule has 0 aliphatic carbocycles. The monoisotopic (exact) mass is 429 g/mol. The van der Waals surface area contributed by atoms with Crippen molar-refractivity contribution in [3.63, 3.8) is 0 Å². The lowest BCUT2D eigenvalue weighted by molar-refractivity contribution is -0.145. The van der Waals surface area contributed by atoms with E-state index in [-0.39, 0.29) is 19.6 Å². The molecule has 2 heterocycles. The molecule has 9 heteroatoms. The zero-order chi connectivity index (χ0) is 20.2. The van der Waals surface area contributed by atoms with Gasteiger partial charge < -0.3 is 14.5 Å². The van der Waals surface area contributed by atoms with Crippen LogP contribution in [0.15, 0.2) is 63.1 Å². The Morgan fingerprint density at radius 1 is 1.24 bits per heavy atom. The predicted octanol–water partition coefficient (Wildman–Crippen LogP) is 4.58. The molecule has 0 aliphatic heterocycles. The number of carbonyl (C=O) groups excluding carboxylic acids is 1. The van der Waals surface area contributed by atoms with Gasteiger partial charge in [-0.3, -0.25) is 9.36 Å². The Morgan fingerprint density at radius 2 is 2.07 bits per heavy atom. The molecule has 0 spiro atoms. The van der Waals surface area contributed by atoms with Gasteiger partial charge in [0.05, 0.1) is 17.6 Å². The number of esters is 1. The van der Waals surface area contributed by atoms with Crippen molar-refractivity contribution in [2.45, 2.75) is 19.6 Å². The molecule has 0 unspecified atom stereocenters. The Balaban J connectivity index is 1.31. The van der Waals surface area contributed by atoms with Crippen LogP contribution in [0.3, 0.4) is 0 Å². The maximum Gasteiger partial charge on any atom is 0.419 e. The van der Waals surface area contributed by atoms with Crippen LogP contribution < -0.4 is 11.1 Å². The molecule has 29 heavy (non-hydrogen) atoms. The molecule has 7 nitrogen and oxygen atoms in total. The zero-order valence-electron chi connectivity index (χ0n) is 15.1. The number of halogens is 1. The van der Waals surface area contributed by atoms with Crippen molar-refractivity contribution in [3.05, 3.63) is 75.2 Å². The topological polar surface area (TPSA) is 86.4 Å². The van der Waals surface area contributed by atoms with Crippen LogP contribution in [-0.2, 0) is 22.7 Å². The molecule has 0 fully saturated rings. The maximum atomic E-state index is 12.1. The van der Waals surface area contributed by atoms with E-state index in [9.17, 15) is 9.59 Å². The van der Waals surface area contributed by atoms with Crippen molar-refractivity contribution in [2.75, 3.05) is 5.32 Å². The van der Waals surface area contributed by atoms with Crippen molar-refractivity contribution in [3.8, 4) is 0 Å². The number of aryl methyl sites for hydroxylation is 1. The van der Waals surface area contributed by atoms with E-state index in [1.807, 2.05) is 35.7 Å². The van der Waals surface area contributed by atoms with E-state index in [1.54, 1.807) is 18.2 Å². The Bertz CT molecular complexity index is 1200. The molecule has 2 aromatic heterocycles. The summed E-state index contributed by atoms with van der Waals surface area (Å²) in [5, 5.41) is 6.22. The van der Waals surface area contributed by atoms with Crippen LogP contribution in [0.25, 0.3) is 11.1 Å². The third-order valence-corrected chi connectivity index (χ3v) is 5.17. The van der Waals surface area contributed by atoms with E-state index in [0.29, 0.717) is 21.8 Å². The molecule has 4 rings (SSSR count). The van der Waals surface area contributed by atoms with Gasteiger partial charge in [0.15, 0.2) is 10.7 Å². The Morgan fingerprint density at radius 3 is 2.90 bits per heavy atom. The number of hydrogen-bond donors (Lipinski definition) is 1. The minimum Gasteiger partial charge on any atom is -0.459 e. The molecule has 0 radical (unpaired) electrons. The summed E-state index contributed by atoms with van der Waals surface area (Å²) in [6.45, 7) is 0.229. The van der Waals surface area contributed by atoms with E-state index in [1.165, 1.54) is 15.9 Å². The lowest BCUT2D eigenvalue weighted by Crippen LogP contribution is -2.17. The molecule has 2 aromatic carbocycles. The number of anilines is 2. The number of thiazole rings is 1. The molecule has 1 N–H and O–H groups in total.